The number of hydrogen-bond donors (Lipinski definition) is 2. The van der Waals surface area contributed by atoms with Crippen LogP contribution in [0.3, 0.4) is 0 Å². The third-order valence-corrected chi connectivity index (χ3v) is 2.12. The number of benzene rings is 1. The molecule has 0 amide bonds. The van der Waals surface area contributed by atoms with Crippen molar-refractivity contribution in [2.75, 3.05) is 12.3 Å². The second kappa shape index (κ2) is 4.30. The van der Waals surface area contributed by atoms with Crippen molar-refractivity contribution in [2.45, 2.75) is 6.92 Å². The smallest absolute Gasteiger partial charge is 0.0615 e. The minimum Gasteiger partial charge on any atom is -0.398 e. The molecule has 0 saturated carbocycles. The van der Waals surface area contributed by atoms with Crippen molar-refractivity contribution in [3.8, 4) is 0 Å². The van der Waals surface area contributed by atoms with Gasteiger partial charge in [0, 0.05) is 10.7 Å². The first kappa shape index (κ1) is 10.1. The zero-order valence-electron chi connectivity index (χ0n) is 7.42. The SMILES string of the molecule is Cc1cc(C=CCO)c(Cl)cc1N. The highest BCUT2D eigenvalue weighted by molar-refractivity contribution is 6.32. The number of nitrogens with two attached hydrogens (primary N) is 1. The fourth-order valence-electron chi connectivity index (χ4n) is 1.03. The number of rotatable bonds is 2. The van der Waals surface area contributed by atoms with Crippen LogP contribution in [0.15, 0.2) is 18.2 Å². The quantitative estimate of drug-likeness (QED) is 0.715. The number of halogens is 1. The molecule has 0 fully saturated rings. The summed E-state index contributed by atoms with van der Waals surface area (Å²) in [5.41, 5.74) is 8.21. The molecule has 0 radical (unpaired) electrons. The van der Waals surface area contributed by atoms with Gasteiger partial charge in [0.15, 0.2) is 0 Å². The molecule has 0 heterocycles. The largest absolute Gasteiger partial charge is 0.398 e. The average molecular weight is 198 g/mol. The Labute approximate surface area is 82.6 Å². The van der Waals surface area contributed by atoms with Gasteiger partial charge < -0.3 is 10.8 Å². The van der Waals surface area contributed by atoms with Crippen molar-refractivity contribution in [3.63, 3.8) is 0 Å². The number of aliphatic hydroxyl groups excluding tert-OH is 1. The summed E-state index contributed by atoms with van der Waals surface area (Å²) in [7, 11) is 0. The number of aryl methyl sites for hydroxylation is 1. The van der Waals surface area contributed by atoms with Crippen LogP contribution in [0.25, 0.3) is 6.08 Å². The van der Waals surface area contributed by atoms with Crippen LogP contribution in [0.4, 0.5) is 5.69 Å². The van der Waals surface area contributed by atoms with E-state index in [1.807, 2.05) is 13.0 Å². The summed E-state index contributed by atoms with van der Waals surface area (Å²) in [6.07, 6.45) is 3.41. The molecule has 0 bridgehead atoms. The number of aliphatic hydroxyl groups is 1. The maximum Gasteiger partial charge on any atom is 0.0615 e. The first-order chi connectivity index (χ1) is 6.15. The Morgan fingerprint density at radius 1 is 1.54 bits per heavy atom. The summed E-state index contributed by atoms with van der Waals surface area (Å²) in [4.78, 5) is 0. The zero-order chi connectivity index (χ0) is 9.84. The van der Waals surface area contributed by atoms with Crippen molar-refractivity contribution in [3.05, 3.63) is 34.4 Å². The van der Waals surface area contributed by atoms with E-state index in [-0.39, 0.29) is 6.61 Å². The van der Waals surface area contributed by atoms with Crippen molar-refractivity contribution >= 4 is 23.4 Å². The Balaban J connectivity index is 3.08. The summed E-state index contributed by atoms with van der Waals surface area (Å²) in [5.74, 6) is 0. The molecule has 3 heteroatoms. The van der Waals surface area contributed by atoms with E-state index in [1.54, 1.807) is 18.2 Å². The van der Waals surface area contributed by atoms with E-state index in [0.29, 0.717) is 10.7 Å². The number of hydrogen-bond acceptors (Lipinski definition) is 2. The molecule has 0 saturated heterocycles. The molecule has 1 aromatic rings. The van der Waals surface area contributed by atoms with Gasteiger partial charge in [0.05, 0.1) is 6.61 Å². The molecule has 0 aliphatic heterocycles. The van der Waals surface area contributed by atoms with E-state index in [4.69, 9.17) is 22.4 Å². The van der Waals surface area contributed by atoms with Crippen LogP contribution in [0.1, 0.15) is 11.1 Å². The lowest BCUT2D eigenvalue weighted by atomic mass is 10.1. The van der Waals surface area contributed by atoms with Crippen LogP contribution in [0.5, 0.6) is 0 Å². The molecule has 0 aromatic heterocycles. The van der Waals surface area contributed by atoms with E-state index in [9.17, 15) is 0 Å². The molecule has 70 valence electrons. The zero-order valence-corrected chi connectivity index (χ0v) is 8.17. The molecular weight excluding hydrogens is 186 g/mol. The summed E-state index contributed by atoms with van der Waals surface area (Å²) < 4.78 is 0. The monoisotopic (exact) mass is 197 g/mol. The lowest BCUT2D eigenvalue weighted by Gasteiger charge is -2.03. The van der Waals surface area contributed by atoms with Gasteiger partial charge in [0.1, 0.15) is 0 Å². The standard InChI is InChI=1S/C10H12ClNO/c1-7-5-8(3-2-4-13)9(11)6-10(7)12/h2-3,5-6,13H,4,12H2,1H3. The Kier molecular flexibility index (Phi) is 3.34. The third kappa shape index (κ3) is 2.47. The fraction of sp³-hybridized carbons (Fsp3) is 0.200. The molecule has 0 atom stereocenters. The van der Waals surface area contributed by atoms with Gasteiger partial charge >= 0.3 is 0 Å². The Morgan fingerprint density at radius 3 is 2.85 bits per heavy atom. The average Bonchev–Trinajstić information content (AvgIpc) is 2.09. The molecule has 2 nitrogen and oxygen atoms in total. The molecule has 0 aliphatic rings. The molecule has 13 heavy (non-hydrogen) atoms. The Bertz CT molecular complexity index is 334. The molecule has 0 unspecified atom stereocenters. The second-order valence-corrected chi connectivity index (χ2v) is 3.22. The van der Waals surface area contributed by atoms with Crippen LogP contribution in [-0.4, -0.2) is 11.7 Å². The highest BCUT2D eigenvalue weighted by Crippen LogP contribution is 2.23. The first-order valence-electron chi connectivity index (χ1n) is 3.98. The summed E-state index contributed by atoms with van der Waals surface area (Å²) in [6.45, 7) is 1.93. The van der Waals surface area contributed by atoms with Crippen LogP contribution in [0, 0.1) is 6.92 Å². The van der Waals surface area contributed by atoms with Crippen molar-refractivity contribution in [1.29, 1.82) is 0 Å². The van der Waals surface area contributed by atoms with Crippen LogP contribution in [-0.2, 0) is 0 Å². The van der Waals surface area contributed by atoms with E-state index < -0.39 is 0 Å². The van der Waals surface area contributed by atoms with Crippen molar-refractivity contribution in [2.24, 2.45) is 0 Å². The minimum atomic E-state index is 0.0136. The third-order valence-electron chi connectivity index (χ3n) is 1.79. The van der Waals surface area contributed by atoms with E-state index >= 15 is 0 Å². The lowest BCUT2D eigenvalue weighted by molar-refractivity contribution is 0.343. The Hall–Kier alpha value is -0.990. The maximum atomic E-state index is 8.59. The van der Waals surface area contributed by atoms with Crippen LogP contribution >= 0.6 is 11.6 Å². The van der Waals surface area contributed by atoms with Gasteiger partial charge in [-0.15, -0.1) is 0 Å². The van der Waals surface area contributed by atoms with Crippen LogP contribution < -0.4 is 5.73 Å². The van der Waals surface area contributed by atoms with Gasteiger partial charge in [-0.3, -0.25) is 0 Å². The van der Waals surface area contributed by atoms with E-state index in [1.165, 1.54) is 0 Å². The second-order valence-electron chi connectivity index (χ2n) is 2.82. The van der Waals surface area contributed by atoms with Crippen molar-refractivity contribution in [1.82, 2.24) is 0 Å². The normalized spacial score (nSPS) is 11.0. The molecular formula is C10H12ClNO. The molecule has 1 rings (SSSR count). The van der Waals surface area contributed by atoms with Gasteiger partial charge in [0.2, 0.25) is 0 Å². The predicted molar refractivity (Wildman–Crippen MR) is 56.7 cm³/mol. The molecule has 1 aromatic carbocycles. The predicted octanol–water partition coefficient (Wildman–Crippen LogP) is 2.24. The number of anilines is 1. The summed E-state index contributed by atoms with van der Waals surface area (Å²) >= 11 is 5.92. The maximum absolute atomic E-state index is 8.59. The van der Waals surface area contributed by atoms with Crippen LogP contribution in [0.2, 0.25) is 5.02 Å². The molecule has 3 N–H and O–H groups in total. The van der Waals surface area contributed by atoms with Crippen molar-refractivity contribution < 1.29 is 5.11 Å². The van der Waals surface area contributed by atoms with Gasteiger partial charge in [0.25, 0.3) is 0 Å². The fourth-order valence-corrected chi connectivity index (χ4v) is 1.26. The topological polar surface area (TPSA) is 46.2 Å². The first-order valence-corrected chi connectivity index (χ1v) is 4.36. The summed E-state index contributed by atoms with van der Waals surface area (Å²) in [6, 6.07) is 3.61. The Morgan fingerprint density at radius 2 is 2.23 bits per heavy atom. The van der Waals surface area contributed by atoms with Gasteiger partial charge in [-0.05, 0) is 30.2 Å². The summed E-state index contributed by atoms with van der Waals surface area (Å²) in [5, 5.41) is 9.19. The number of nitrogen functional groups attached to an aromatic ring is 1. The minimum absolute atomic E-state index is 0.0136. The molecule has 0 aliphatic carbocycles. The lowest BCUT2D eigenvalue weighted by Crippen LogP contribution is -1.90. The highest BCUT2D eigenvalue weighted by atomic mass is 35.5. The highest BCUT2D eigenvalue weighted by Gasteiger charge is 2.00. The van der Waals surface area contributed by atoms with Gasteiger partial charge in [-0.25, -0.2) is 0 Å². The van der Waals surface area contributed by atoms with Gasteiger partial charge in [-0.1, -0.05) is 23.8 Å². The molecule has 0 spiro atoms. The van der Waals surface area contributed by atoms with E-state index in [0.717, 1.165) is 11.1 Å². The van der Waals surface area contributed by atoms with Gasteiger partial charge in [-0.2, -0.15) is 0 Å². The van der Waals surface area contributed by atoms with E-state index in [2.05, 4.69) is 0 Å².